The van der Waals surface area contributed by atoms with Crippen LogP contribution in [0.5, 0.6) is 5.75 Å². The number of rotatable bonds is 5. The maximum Gasteiger partial charge on any atom is 0.120 e. The summed E-state index contributed by atoms with van der Waals surface area (Å²) in [6.07, 6.45) is 0.867. The molecular formula is C13H14BrNOS. The van der Waals surface area contributed by atoms with Gasteiger partial charge in [0.05, 0.1) is 0 Å². The van der Waals surface area contributed by atoms with E-state index in [1.807, 2.05) is 30.3 Å². The highest BCUT2D eigenvalue weighted by Crippen LogP contribution is 2.18. The number of nitrogens with two attached hydrogens (primary N) is 1. The van der Waals surface area contributed by atoms with Crippen molar-refractivity contribution in [3.05, 3.63) is 51.1 Å². The minimum atomic E-state index is 0.0348. The molecule has 0 spiro atoms. The van der Waals surface area contributed by atoms with Crippen LogP contribution in [0.3, 0.4) is 0 Å². The monoisotopic (exact) mass is 311 g/mol. The molecule has 2 N–H and O–H groups in total. The second-order valence-electron chi connectivity index (χ2n) is 3.81. The Morgan fingerprint density at radius 3 is 2.88 bits per heavy atom. The molecule has 2 nitrogen and oxygen atoms in total. The Bertz CT molecular complexity index is 458. The molecular weight excluding hydrogens is 298 g/mol. The topological polar surface area (TPSA) is 35.2 Å². The lowest BCUT2D eigenvalue weighted by atomic mass is 10.2. The molecule has 1 atom stereocenters. The smallest absolute Gasteiger partial charge is 0.120 e. The van der Waals surface area contributed by atoms with E-state index in [0.717, 1.165) is 16.6 Å². The van der Waals surface area contributed by atoms with Crippen molar-refractivity contribution in [1.82, 2.24) is 0 Å². The molecule has 0 saturated carbocycles. The summed E-state index contributed by atoms with van der Waals surface area (Å²) in [6.45, 7) is 0.536. The molecule has 0 aliphatic heterocycles. The minimum Gasteiger partial charge on any atom is -0.492 e. The van der Waals surface area contributed by atoms with Crippen LogP contribution in [0.4, 0.5) is 0 Å². The molecule has 4 heteroatoms. The first-order chi connectivity index (χ1) is 8.24. The van der Waals surface area contributed by atoms with Crippen molar-refractivity contribution in [3.63, 3.8) is 0 Å². The summed E-state index contributed by atoms with van der Waals surface area (Å²) in [7, 11) is 0. The average Bonchev–Trinajstić information content (AvgIpc) is 2.79. The number of ether oxygens (including phenoxy) is 1. The summed E-state index contributed by atoms with van der Waals surface area (Å²) < 4.78 is 6.66. The zero-order chi connectivity index (χ0) is 12.1. The molecule has 2 aromatic rings. The molecule has 0 aliphatic carbocycles. The summed E-state index contributed by atoms with van der Waals surface area (Å²) in [5.74, 6) is 0.848. The highest BCUT2D eigenvalue weighted by molar-refractivity contribution is 9.10. The van der Waals surface area contributed by atoms with Crippen molar-refractivity contribution in [1.29, 1.82) is 0 Å². The summed E-state index contributed by atoms with van der Waals surface area (Å²) in [5, 5.41) is 2.07. The van der Waals surface area contributed by atoms with Gasteiger partial charge in [-0.25, -0.2) is 0 Å². The van der Waals surface area contributed by atoms with Crippen LogP contribution in [0.2, 0.25) is 0 Å². The normalized spacial score (nSPS) is 12.4. The second kappa shape index (κ2) is 6.19. The molecule has 0 radical (unpaired) electrons. The van der Waals surface area contributed by atoms with Crippen LogP contribution in [0.1, 0.15) is 4.88 Å². The summed E-state index contributed by atoms with van der Waals surface area (Å²) in [4.78, 5) is 1.30. The Morgan fingerprint density at radius 1 is 1.29 bits per heavy atom. The third kappa shape index (κ3) is 4.15. The van der Waals surface area contributed by atoms with Crippen LogP contribution in [0.15, 0.2) is 46.3 Å². The number of hydrogen-bond donors (Lipinski definition) is 1. The van der Waals surface area contributed by atoms with E-state index in [4.69, 9.17) is 10.5 Å². The fourth-order valence-corrected chi connectivity index (χ4v) is 2.68. The van der Waals surface area contributed by atoms with Crippen molar-refractivity contribution >= 4 is 27.3 Å². The van der Waals surface area contributed by atoms with Gasteiger partial charge in [0.25, 0.3) is 0 Å². The summed E-state index contributed by atoms with van der Waals surface area (Å²) >= 11 is 5.14. The van der Waals surface area contributed by atoms with E-state index in [0.29, 0.717) is 6.61 Å². The molecule has 90 valence electrons. The molecule has 0 fully saturated rings. The fourth-order valence-electron chi connectivity index (χ4n) is 1.51. The van der Waals surface area contributed by atoms with E-state index in [9.17, 15) is 0 Å². The van der Waals surface area contributed by atoms with Gasteiger partial charge in [-0.05, 0) is 29.6 Å². The number of halogens is 1. The maximum absolute atomic E-state index is 6.02. The van der Waals surface area contributed by atoms with Crippen LogP contribution in [0, 0.1) is 0 Å². The molecule has 1 heterocycles. The highest BCUT2D eigenvalue weighted by Gasteiger charge is 2.06. The van der Waals surface area contributed by atoms with Gasteiger partial charge in [0.1, 0.15) is 12.4 Å². The van der Waals surface area contributed by atoms with Crippen LogP contribution >= 0.6 is 27.3 Å². The molecule has 0 saturated heterocycles. The molecule has 0 aliphatic rings. The zero-order valence-corrected chi connectivity index (χ0v) is 11.7. The predicted molar refractivity (Wildman–Crippen MR) is 75.6 cm³/mol. The first-order valence-electron chi connectivity index (χ1n) is 5.40. The first-order valence-corrected chi connectivity index (χ1v) is 7.07. The zero-order valence-electron chi connectivity index (χ0n) is 9.30. The Hall–Kier alpha value is -0.840. The Morgan fingerprint density at radius 2 is 2.18 bits per heavy atom. The number of thiophene rings is 1. The lowest BCUT2D eigenvalue weighted by Crippen LogP contribution is -2.29. The van der Waals surface area contributed by atoms with E-state index < -0.39 is 0 Å². The van der Waals surface area contributed by atoms with E-state index in [2.05, 4.69) is 27.4 Å². The van der Waals surface area contributed by atoms with Crippen molar-refractivity contribution in [2.75, 3.05) is 6.61 Å². The third-order valence-corrected chi connectivity index (χ3v) is 3.70. The summed E-state index contributed by atoms with van der Waals surface area (Å²) in [6, 6.07) is 12.0. The van der Waals surface area contributed by atoms with E-state index in [-0.39, 0.29) is 6.04 Å². The molecule has 1 unspecified atom stereocenters. The molecule has 1 aromatic carbocycles. The van der Waals surface area contributed by atoms with Gasteiger partial charge in [-0.3, -0.25) is 0 Å². The SMILES string of the molecule is NC(COc1cccc(Br)c1)Cc1cccs1. The molecule has 0 bridgehead atoms. The average molecular weight is 312 g/mol. The Balaban J connectivity index is 1.82. The maximum atomic E-state index is 6.02. The van der Waals surface area contributed by atoms with Crippen LogP contribution in [0.25, 0.3) is 0 Å². The number of benzene rings is 1. The van der Waals surface area contributed by atoms with E-state index in [1.54, 1.807) is 11.3 Å². The van der Waals surface area contributed by atoms with Crippen molar-refractivity contribution in [2.45, 2.75) is 12.5 Å². The predicted octanol–water partition coefficient (Wildman–Crippen LogP) is 3.46. The number of hydrogen-bond acceptors (Lipinski definition) is 3. The first kappa shape index (κ1) is 12.6. The lowest BCUT2D eigenvalue weighted by Gasteiger charge is -2.12. The van der Waals surface area contributed by atoms with E-state index in [1.165, 1.54) is 4.88 Å². The van der Waals surface area contributed by atoms with Gasteiger partial charge >= 0.3 is 0 Å². The quantitative estimate of drug-likeness (QED) is 0.917. The highest BCUT2D eigenvalue weighted by atomic mass is 79.9. The van der Waals surface area contributed by atoms with Gasteiger partial charge in [0.2, 0.25) is 0 Å². The fraction of sp³-hybridized carbons (Fsp3) is 0.231. The second-order valence-corrected chi connectivity index (χ2v) is 5.76. The third-order valence-electron chi connectivity index (χ3n) is 2.30. The van der Waals surface area contributed by atoms with Crippen molar-refractivity contribution in [2.24, 2.45) is 5.73 Å². The van der Waals surface area contributed by atoms with Crippen molar-refractivity contribution < 1.29 is 4.74 Å². The molecule has 1 aromatic heterocycles. The lowest BCUT2D eigenvalue weighted by molar-refractivity contribution is 0.288. The molecule has 17 heavy (non-hydrogen) atoms. The van der Waals surface area contributed by atoms with Gasteiger partial charge in [0.15, 0.2) is 0 Å². The Labute approximate surface area is 114 Å². The van der Waals surface area contributed by atoms with Gasteiger partial charge < -0.3 is 10.5 Å². The van der Waals surface area contributed by atoms with Crippen LogP contribution < -0.4 is 10.5 Å². The van der Waals surface area contributed by atoms with Crippen LogP contribution in [-0.4, -0.2) is 12.6 Å². The van der Waals surface area contributed by atoms with E-state index >= 15 is 0 Å². The van der Waals surface area contributed by atoms with Gasteiger partial charge in [-0.2, -0.15) is 0 Å². The molecule has 2 rings (SSSR count). The molecule has 0 amide bonds. The van der Waals surface area contributed by atoms with Gasteiger partial charge in [0, 0.05) is 21.8 Å². The van der Waals surface area contributed by atoms with Crippen LogP contribution in [-0.2, 0) is 6.42 Å². The Kier molecular flexibility index (Phi) is 4.59. The van der Waals surface area contributed by atoms with Gasteiger partial charge in [-0.1, -0.05) is 28.1 Å². The van der Waals surface area contributed by atoms with Crippen molar-refractivity contribution in [3.8, 4) is 5.75 Å². The minimum absolute atomic E-state index is 0.0348. The summed E-state index contributed by atoms with van der Waals surface area (Å²) in [5.41, 5.74) is 6.02. The standard InChI is InChI=1S/C13H14BrNOS/c14-10-3-1-4-12(7-10)16-9-11(15)8-13-5-2-6-17-13/h1-7,11H,8-9,15H2. The van der Waals surface area contributed by atoms with Gasteiger partial charge in [-0.15, -0.1) is 11.3 Å². The largest absolute Gasteiger partial charge is 0.492 e.